The molecule has 9 heteroatoms. The molecule has 5 heterocycles. The molecule has 0 amide bonds. The molecule has 270 valence electrons. The summed E-state index contributed by atoms with van der Waals surface area (Å²) in [5, 5.41) is 0. The Bertz CT molecular complexity index is 2010. The van der Waals surface area contributed by atoms with Crippen LogP contribution in [0, 0.1) is 0 Å². The minimum Gasteiger partial charge on any atom is -0.403 e. The zero-order valence-electron chi connectivity index (χ0n) is 31.9. The summed E-state index contributed by atoms with van der Waals surface area (Å²) >= 11 is 0. The molecule has 5 nitrogen and oxygen atoms in total. The van der Waals surface area contributed by atoms with Gasteiger partial charge in [0, 0.05) is 22.1 Å². The Morgan fingerprint density at radius 2 is 1.02 bits per heavy atom. The van der Waals surface area contributed by atoms with Gasteiger partial charge in [0.1, 0.15) is 0 Å². The fourth-order valence-corrected chi connectivity index (χ4v) is 9.08. The number of H-pyrrole nitrogens is 2. The standard InChI is InChI=1S/C41H55F3N4OSi/c1-12-23-25(14-3)33-21-35-27(16-5)29(18-7)38(47-35)37(40(41(42,43)44)49-50(9,10)11)39-30(19-8)28(17-6)36(48-39)22-34-26(15-4)24(13-2)32(46-34)20-31(23)45-33/h20-22,40,45,47H,12-19H2,1-11H3. The van der Waals surface area contributed by atoms with Crippen molar-refractivity contribution in [2.24, 2.45) is 0 Å². The first-order chi connectivity index (χ1) is 23.7. The number of allylic oxidation sites excluding steroid dienone is 4. The van der Waals surface area contributed by atoms with Crippen molar-refractivity contribution in [3.05, 3.63) is 68.8 Å². The number of aromatic amines is 2. The van der Waals surface area contributed by atoms with E-state index in [2.05, 4.69) is 63.6 Å². The van der Waals surface area contributed by atoms with Gasteiger partial charge in [-0.1, -0.05) is 55.4 Å². The lowest BCUT2D eigenvalue weighted by Crippen LogP contribution is -2.35. The summed E-state index contributed by atoms with van der Waals surface area (Å²) in [6.07, 6.45) is -1.11. The van der Waals surface area contributed by atoms with Crippen molar-refractivity contribution in [1.29, 1.82) is 0 Å². The van der Waals surface area contributed by atoms with E-state index in [1.165, 1.54) is 16.7 Å². The van der Waals surface area contributed by atoms with Gasteiger partial charge in [-0.15, -0.1) is 0 Å². The third-order valence-corrected chi connectivity index (χ3v) is 11.1. The number of alkyl halides is 3. The monoisotopic (exact) mass is 704 g/mol. The molecule has 3 aromatic heterocycles. The number of hydrogen-bond acceptors (Lipinski definition) is 3. The predicted octanol–water partition coefficient (Wildman–Crippen LogP) is 12.5. The summed E-state index contributed by atoms with van der Waals surface area (Å²) in [6.45, 7) is 22.3. The SMILES string of the molecule is CCC1=C(CC)c2cc3[nH]c(cc4[nH]c(c(CC)c4CC)c(C(O[Si](C)(C)C)C(F)(F)F)c4nc(cc1n2)C(CC)=C4CC)c(CC)c3CC. The summed E-state index contributed by atoms with van der Waals surface area (Å²) in [7, 11) is -2.71. The summed E-state index contributed by atoms with van der Waals surface area (Å²) in [6, 6.07) is 6.33. The minimum absolute atomic E-state index is 0.0935. The number of halogens is 3. The molecule has 1 unspecified atom stereocenters. The highest BCUT2D eigenvalue weighted by molar-refractivity contribution is 6.69. The fourth-order valence-electron chi connectivity index (χ4n) is 8.12. The van der Waals surface area contributed by atoms with E-state index in [0.717, 1.165) is 81.5 Å². The number of rotatable bonds is 11. The maximum absolute atomic E-state index is 15.5. The molecule has 0 aliphatic carbocycles. The largest absolute Gasteiger partial charge is 0.417 e. The van der Waals surface area contributed by atoms with E-state index in [9.17, 15) is 0 Å². The van der Waals surface area contributed by atoms with Crippen molar-refractivity contribution in [3.8, 4) is 0 Å². The first-order valence-electron chi connectivity index (χ1n) is 18.7. The van der Waals surface area contributed by atoms with Crippen LogP contribution in [0.4, 0.5) is 13.2 Å². The maximum atomic E-state index is 15.5. The molecule has 2 aliphatic rings. The fraction of sp³-hybridized carbons (Fsp3) is 0.512. The van der Waals surface area contributed by atoms with Gasteiger partial charge < -0.3 is 14.4 Å². The Kier molecular flexibility index (Phi) is 11.1. The Morgan fingerprint density at radius 1 is 0.580 bits per heavy atom. The van der Waals surface area contributed by atoms with Crippen molar-refractivity contribution < 1.29 is 17.6 Å². The van der Waals surface area contributed by atoms with Crippen LogP contribution in [0.3, 0.4) is 0 Å². The van der Waals surface area contributed by atoms with Crippen LogP contribution in [0.15, 0.2) is 18.2 Å². The normalized spacial score (nSPS) is 14.7. The van der Waals surface area contributed by atoms with Gasteiger partial charge in [-0.05, 0) is 134 Å². The predicted molar refractivity (Wildman–Crippen MR) is 207 cm³/mol. The van der Waals surface area contributed by atoms with Gasteiger partial charge in [0.05, 0.1) is 28.3 Å². The van der Waals surface area contributed by atoms with Gasteiger partial charge in [0.2, 0.25) is 0 Å². The lowest BCUT2D eigenvalue weighted by molar-refractivity contribution is -0.200. The van der Waals surface area contributed by atoms with Gasteiger partial charge >= 0.3 is 6.18 Å². The molecule has 2 aliphatic heterocycles. The van der Waals surface area contributed by atoms with Crippen molar-refractivity contribution in [2.45, 2.75) is 139 Å². The van der Waals surface area contributed by atoms with Gasteiger partial charge in [-0.3, -0.25) is 0 Å². The summed E-state index contributed by atoms with van der Waals surface area (Å²) in [4.78, 5) is 17.7. The second-order valence-corrected chi connectivity index (χ2v) is 18.7. The second kappa shape index (κ2) is 14.7. The Hall–Kier alpha value is -3.43. The molecule has 1 atom stereocenters. The molecular formula is C41H55F3N4OSi. The van der Waals surface area contributed by atoms with Crippen molar-refractivity contribution >= 4 is 52.7 Å². The van der Waals surface area contributed by atoms with E-state index in [4.69, 9.17) is 14.4 Å². The molecule has 0 aromatic carbocycles. The summed E-state index contributed by atoms with van der Waals surface area (Å²) in [5.74, 6) is 0. The van der Waals surface area contributed by atoms with Gasteiger partial charge in [0.15, 0.2) is 14.4 Å². The van der Waals surface area contributed by atoms with Crippen LogP contribution >= 0.6 is 0 Å². The van der Waals surface area contributed by atoms with E-state index in [-0.39, 0.29) is 5.56 Å². The van der Waals surface area contributed by atoms with E-state index in [1.54, 1.807) is 0 Å². The van der Waals surface area contributed by atoms with Crippen LogP contribution < -0.4 is 0 Å². The van der Waals surface area contributed by atoms with Crippen LogP contribution in [-0.4, -0.2) is 34.4 Å². The molecule has 3 aromatic rings. The molecule has 0 fully saturated rings. The average Bonchev–Trinajstić information content (AvgIpc) is 3.78. The Morgan fingerprint density at radius 3 is 1.50 bits per heavy atom. The highest BCUT2D eigenvalue weighted by atomic mass is 28.4. The van der Waals surface area contributed by atoms with Crippen LogP contribution in [0.5, 0.6) is 0 Å². The number of aryl methyl sites for hydroxylation is 4. The first kappa shape index (κ1) is 37.8. The summed E-state index contributed by atoms with van der Waals surface area (Å²) in [5.41, 5.74) is 14.8. The van der Waals surface area contributed by atoms with Crippen LogP contribution in [0.2, 0.25) is 19.6 Å². The first-order valence-corrected chi connectivity index (χ1v) is 22.1. The maximum Gasteiger partial charge on any atom is 0.417 e. The summed E-state index contributed by atoms with van der Waals surface area (Å²) < 4.78 is 52.8. The molecule has 8 bridgehead atoms. The zero-order chi connectivity index (χ0) is 36.7. The third-order valence-electron chi connectivity index (χ3n) is 10.2. The topological polar surface area (TPSA) is 66.6 Å². The number of fused-ring (bicyclic) bond motifs is 8. The highest BCUT2D eigenvalue weighted by Crippen LogP contribution is 2.47. The molecule has 0 radical (unpaired) electrons. The number of aromatic nitrogens is 4. The van der Waals surface area contributed by atoms with Gasteiger partial charge in [0.25, 0.3) is 0 Å². The Labute approximate surface area is 297 Å². The molecule has 2 N–H and O–H groups in total. The van der Waals surface area contributed by atoms with Gasteiger partial charge in [-0.25, -0.2) is 9.97 Å². The van der Waals surface area contributed by atoms with E-state index in [0.29, 0.717) is 42.6 Å². The molecule has 5 rings (SSSR count). The minimum atomic E-state index is -4.66. The molecule has 50 heavy (non-hydrogen) atoms. The third kappa shape index (κ3) is 6.80. The quantitative estimate of drug-likeness (QED) is 0.195. The van der Waals surface area contributed by atoms with Crippen molar-refractivity contribution in [1.82, 2.24) is 19.9 Å². The zero-order valence-corrected chi connectivity index (χ0v) is 32.9. The average molecular weight is 705 g/mol. The Balaban J connectivity index is 2.16. The number of hydrogen-bond donors (Lipinski definition) is 2. The molecule has 0 saturated heterocycles. The van der Waals surface area contributed by atoms with Crippen LogP contribution in [-0.2, 0) is 30.1 Å². The van der Waals surface area contributed by atoms with Crippen LogP contribution in [0.1, 0.15) is 138 Å². The molecule has 0 spiro atoms. The van der Waals surface area contributed by atoms with E-state index >= 15 is 13.2 Å². The van der Waals surface area contributed by atoms with E-state index < -0.39 is 20.6 Å². The second-order valence-electron chi connectivity index (χ2n) is 14.2. The smallest absolute Gasteiger partial charge is 0.403 e. The van der Waals surface area contributed by atoms with Gasteiger partial charge in [-0.2, -0.15) is 13.2 Å². The highest BCUT2D eigenvalue weighted by Gasteiger charge is 2.47. The molecular weight excluding hydrogens is 650 g/mol. The number of nitrogens with zero attached hydrogens (tertiary/aromatic N) is 2. The van der Waals surface area contributed by atoms with Crippen LogP contribution in [0.25, 0.3) is 44.4 Å². The van der Waals surface area contributed by atoms with E-state index in [1.807, 2.05) is 39.6 Å². The molecule has 0 saturated carbocycles. The number of nitrogens with one attached hydrogen (secondary N) is 2. The lowest BCUT2D eigenvalue weighted by Gasteiger charge is -2.29. The van der Waals surface area contributed by atoms with Crippen molar-refractivity contribution in [2.75, 3.05) is 0 Å². The lowest BCUT2D eigenvalue weighted by atomic mass is 9.93. The van der Waals surface area contributed by atoms with Crippen molar-refractivity contribution in [3.63, 3.8) is 0 Å².